The molecule has 1 aromatic rings. The van der Waals surface area contributed by atoms with Crippen LogP contribution < -0.4 is 9.99 Å². The van der Waals surface area contributed by atoms with Gasteiger partial charge in [-0.3, -0.25) is 0 Å². The van der Waals surface area contributed by atoms with Crippen LogP contribution in [0.4, 0.5) is 0 Å². The Hall–Kier alpha value is -0.565. The first-order valence-electron chi connectivity index (χ1n) is 3.91. The molecule has 2 N–H and O–H groups in total. The fourth-order valence-corrected chi connectivity index (χ4v) is 1.67. The number of rotatable bonds is 2. The van der Waals surface area contributed by atoms with Gasteiger partial charge < -0.3 is 14.6 Å². The summed E-state index contributed by atoms with van der Waals surface area (Å²) in [4.78, 5) is 0. The smallest absolute Gasteiger partial charge is 0.480 e. The zero-order valence-corrected chi connectivity index (χ0v) is 8.77. The van der Waals surface area contributed by atoms with Crippen molar-refractivity contribution < 1.29 is 14.6 Å². The van der Waals surface area contributed by atoms with E-state index < -0.39 is 7.12 Å². The van der Waals surface area contributed by atoms with Gasteiger partial charge in [0.25, 0.3) is 0 Å². The maximum atomic E-state index is 9.01. The largest absolute Gasteiger partial charge is 0.488 e. The predicted molar refractivity (Wildman–Crippen MR) is 56.1 cm³/mol. The molecule has 0 radical (unpaired) electrons. The van der Waals surface area contributed by atoms with Gasteiger partial charge in [0.05, 0.1) is 9.47 Å². The second kappa shape index (κ2) is 4.10. The number of benzene rings is 1. The molecule has 0 spiro atoms. The molecule has 0 amide bonds. The van der Waals surface area contributed by atoms with Crippen LogP contribution in [0.15, 0.2) is 12.1 Å². The molecule has 1 atom stereocenters. The minimum absolute atomic E-state index is 0.475. The summed E-state index contributed by atoms with van der Waals surface area (Å²) in [5, 5.41) is 18.0. The Labute approximate surface area is 80.2 Å². The monoisotopic (exact) mass is 198 g/mol. The Morgan fingerprint density at radius 3 is 2.38 bits per heavy atom. The summed E-state index contributed by atoms with van der Waals surface area (Å²) in [7, 11) is 0.708. The normalized spacial score (nSPS) is 9.92. The van der Waals surface area contributed by atoms with E-state index in [1.807, 2.05) is 6.92 Å². The second-order valence-electron chi connectivity index (χ2n) is 2.92. The minimum atomic E-state index is -1.44. The fourth-order valence-electron chi connectivity index (χ4n) is 1.30. The minimum Gasteiger partial charge on any atom is -0.480 e. The summed E-state index contributed by atoms with van der Waals surface area (Å²) < 4.78 is 5.06. The third kappa shape index (κ3) is 2.02. The molecule has 0 aromatic heterocycles. The lowest BCUT2D eigenvalue weighted by Gasteiger charge is -2.11. The lowest BCUT2D eigenvalue weighted by atomic mass is 9.76. The van der Waals surface area contributed by atoms with Gasteiger partial charge in [0, 0.05) is 0 Å². The Morgan fingerprint density at radius 1 is 1.31 bits per heavy atom. The third-order valence-electron chi connectivity index (χ3n) is 2.04. The van der Waals surface area contributed by atoms with E-state index in [1.165, 1.54) is 0 Å². The van der Waals surface area contributed by atoms with E-state index in [2.05, 4.69) is 9.47 Å². The zero-order chi connectivity index (χ0) is 10.0. The van der Waals surface area contributed by atoms with Gasteiger partial charge in [-0.1, -0.05) is 12.1 Å². The molecule has 0 fully saturated rings. The Kier molecular flexibility index (Phi) is 3.31. The van der Waals surface area contributed by atoms with Gasteiger partial charge >= 0.3 is 7.12 Å². The molecule has 13 heavy (non-hydrogen) atoms. The summed E-state index contributed by atoms with van der Waals surface area (Å²) in [5.41, 5.74) is 2.20. The number of aryl methyl sites for hydroxylation is 1. The number of hydrogen-bond acceptors (Lipinski definition) is 3. The van der Waals surface area contributed by atoms with Gasteiger partial charge in [-0.05, 0) is 30.4 Å². The molecule has 0 bridgehead atoms. The van der Waals surface area contributed by atoms with Crippen LogP contribution in [-0.2, 0) is 0 Å². The molecule has 5 heteroatoms. The fraction of sp³-hybridized carbons (Fsp3) is 0.250. The highest BCUT2D eigenvalue weighted by Crippen LogP contribution is 2.22. The first-order valence-corrected chi connectivity index (χ1v) is 4.38. The van der Waals surface area contributed by atoms with Crippen LogP contribution in [0.5, 0.6) is 5.75 Å². The topological polar surface area (TPSA) is 49.7 Å². The zero-order valence-electron chi connectivity index (χ0n) is 7.61. The summed E-state index contributed by atoms with van der Waals surface area (Å²) in [5.74, 6) is 0.676. The predicted octanol–water partition coefficient (Wildman–Crippen LogP) is 0.152. The van der Waals surface area contributed by atoms with Crippen LogP contribution >= 0.6 is 9.47 Å². The first-order chi connectivity index (χ1) is 6.07. The molecular formula is C8H12BO3P. The average molecular weight is 198 g/mol. The Morgan fingerprint density at radius 2 is 1.92 bits per heavy atom. The molecule has 0 heterocycles. The third-order valence-corrected chi connectivity index (χ3v) is 2.28. The summed E-state index contributed by atoms with van der Waals surface area (Å²) in [6, 6.07) is 3.48. The van der Waals surface area contributed by atoms with E-state index in [0.29, 0.717) is 11.2 Å². The molecule has 70 valence electrons. The van der Waals surface area contributed by atoms with Crippen LogP contribution in [0.1, 0.15) is 11.1 Å². The quantitative estimate of drug-likeness (QED) is 0.525. The molecule has 0 saturated carbocycles. The molecular weight excluding hydrogens is 186 g/mol. The van der Waals surface area contributed by atoms with E-state index >= 15 is 0 Å². The van der Waals surface area contributed by atoms with Crippen LogP contribution in [0.3, 0.4) is 0 Å². The van der Waals surface area contributed by atoms with Crippen molar-refractivity contribution in [1.29, 1.82) is 0 Å². The van der Waals surface area contributed by atoms with E-state index in [-0.39, 0.29) is 0 Å². The molecule has 1 aromatic carbocycles. The lowest BCUT2D eigenvalue weighted by Crippen LogP contribution is -2.32. The summed E-state index contributed by atoms with van der Waals surface area (Å²) >= 11 is 0. The van der Waals surface area contributed by atoms with Crippen LogP contribution in [0.25, 0.3) is 0 Å². The molecule has 1 unspecified atom stereocenters. The highest BCUT2D eigenvalue weighted by Gasteiger charge is 2.17. The van der Waals surface area contributed by atoms with E-state index in [1.54, 1.807) is 19.1 Å². The first kappa shape index (κ1) is 10.5. The standard InChI is InChI=1S/C8H12BO3P/c1-5-3-4-7(9(10)11)6(2)8(5)12-13/h3-4,10-11H,13H2,1-2H3. The Balaban J connectivity index is 3.27. The molecule has 0 aliphatic rings. The highest BCUT2D eigenvalue weighted by molar-refractivity contribution is 7.10. The van der Waals surface area contributed by atoms with Crippen molar-refractivity contribution in [2.75, 3.05) is 0 Å². The van der Waals surface area contributed by atoms with E-state index in [9.17, 15) is 0 Å². The maximum absolute atomic E-state index is 9.01. The maximum Gasteiger partial charge on any atom is 0.488 e. The van der Waals surface area contributed by atoms with Crippen molar-refractivity contribution in [2.24, 2.45) is 0 Å². The lowest BCUT2D eigenvalue weighted by molar-refractivity contribution is 0.425. The van der Waals surface area contributed by atoms with Crippen LogP contribution in [0.2, 0.25) is 0 Å². The average Bonchev–Trinajstić information content (AvgIpc) is 2.04. The molecule has 1 rings (SSSR count). The van der Waals surface area contributed by atoms with Crippen LogP contribution in [-0.4, -0.2) is 17.2 Å². The summed E-state index contributed by atoms with van der Waals surface area (Å²) in [6.45, 7) is 3.70. The van der Waals surface area contributed by atoms with Crippen molar-refractivity contribution >= 4 is 22.0 Å². The van der Waals surface area contributed by atoms with Gasteiger partial charge in [0.1, 0.15) is 5.75 Å². The van der Waals surface area contributed by atoms with Gasteiger partial charge in [0.15, 0.2) is 0 Å². The van der Waals surface area contributed by atoms with E-state index in [4.69, 9.17) is 14.6 Å². The van der Waals surface area contributed by atoms with Crippen molar-refractivity contribution in [3.05, 3.63) is 23.3 Å². The molecule has 0 aliphatic carbocycles. The Bertz CT molecular complexity index is 315. The van der Waals surface area contributed by atoms with Crippen molar-refractivity contribution in [3.63, 3.8) is 0 Å². The van der Waals surface area contributed by atoms with Gasteiger partial charge in [-0.25, -0.2) is 0 Å². The van der Waals surface area contributed by atoms with E-state index in [0.717, 1.165) is 11.1 Å². The van der Waals surface area contributed by atoms with Gasteiger partial charge in [-0.15, -0.1) is 0 Å². The molecule has 0 saturated heterocycles. The van der Waals surface area contributed by atoms with Crippen molar-refractivity contribution in [2.45, 2.75) is 13.8 Å². The SMILES string of the molecule is Cc1ccc(B(O)O)c(C)c1OP. The number of hydrogen-bond donors (Lipinski definition) is 2. The van der Waals surface area contributed by atoms with Gasteiger partial charge in [0.2, 0.25) is 0 Å². The van der Waals surface area contributed by atoms with Crippen LogP contribution in [0, 0.1) is 13.8 Å². The summed E-state index contributed by atoms with van der Waals surface area (Å²) in [6.07, 6.45) is 0. The van der Waals surface area contributed by atoms with Gasteiger partial charge in [-0.2, -0.15) is 0 Å². The highest BCUT2D eigenvalue weighted by atomic mass is 31.0. The van der Waals surface area contributed by atoms with Crippen molar-refractivity contribution in [1.82, 2.24) is 0 Å². The van der Waals surface area contributed by atoms with Crippen molar-refractivity contribution in [3.8, 4) is 5.75 Å². The second-order valence-corrected chi connectivity index (χ2v) is 3.15. The molecule has 0 aliphatic heterocycles. The molecule has 3 nitrogen and oxygen atoms in total.